The third-order valence-corrected chi connectivity index (χ3v) is 1.64. The van der Waals surface area contributed by atoms with Gasteiger partial charge in [-0.1, -0.05) is 12.8 Å². The number of terminal acetylenes is 1. The van der Waals surface area contributed by atoms with Gasteiger partial charge in [0.15, 0.2) is 0 Å². The molecule has 2 heteroatoms. The fourth-order valence-electron chi connectivity index (χ4n) is 0.411. The largest absolute Gasteiger partial charge is 0.391 e. The van der Waals surface area contributed by atoms with Gasteiger partial charge in [0.25, 0.3) is 0 Å². The first-order valence-corrected chi connectivity index (χ1v) is 3.72. The van der Waals surface area contributed by atoms with E-state index in [4.69, 9.17) is 11.5 Å². The summed E-state index contributed by atoms with van der Waals surface area (Å²) < 4.78 is 0. The third kappa shape index (κ3) is 4.14. The Labute approximate surface area is 60.2 Å². The minimum Gasteiger partial charge on any atom is -0.391 e. The Kier molecular flexibility index (Phi) is 5.49. The predicted molar refractivity (Wildman–Crippen MR) is 42.1 cm³/mol. The Hall–Kier alpha value is -0.390. The van der Waals surface area contributed by atoms with Gasteiger partial charge in [0.1, 0.15) is 0 Å². The van der Waals surface area contributed by atoms with Gasteiger partial charge in [-0.05, 0) is 11.8 Å². The number of allylic oxidation sites excluding steroid dienone is 1. The Morgan fingerprint density at radius 1 is 1.89 bits per heavy atom. The van der Waals surface area contributed by atoms with Crippen LogP contribution in [-0.2, 0) is 0 Å². The van der Waals surface area contributed by atoms with E-state index in [-0.39, 0.29) is 6.61 Å². The molecule has 0 rings (SSSR count). The maximum absolute atomic E-state index is 8.60. The molecule has 0 spiro atoms. The van der Waals surface area contributed by atoms with Crippen molar-refractivity contribution < 1.29 is 5.11 Å². The van der Waals surface area contributed by atoms with Gasteiger partial charge in [-0.25, -0.2) is 0 Å². The molecular formula is C7H10OS. The second-order valence-corrected chi connectivity index (χ2v) is 2.76. The number of thioether (sulfide) groups is 1. The first kappa shape index (κ1) is 8.61. The lowest BCUT2D eigenvalue weighted by Gasteiger charge is -1.95. The molecule has 0 amide bonds. The van der Waals surface area contributed by atoms with Gasteiger partial charge in [0, 0.05) is 4.91 Å². The van der Waals surface area contributed by atoms with E-state index in [2.05, 4.69) is 5.92 Å². The van der Waals surface area contributed by atoms with Gasteiger partial charge in [-0.2, -0.15) is 0 Å². The van der Waals surface area contributed by atoms with E-state index in [1.165, 1.54) is 0 Å². The van der Waals surface area contributed by atoms with E-state index in [1.54, 1.807) is 17.8 Å². The highest BCUT2D eigenvalue weighted by Gasteiger charge is 1.89. The van der Waals surface area contributed by atoms with Crippen molar-refractivity contribution in [3.8, 4) is 12.3 Å². The number of aliphatic hydroxyl groups excluding tert-OH is 1. The summed E-state index contributed by atoms with van der Waals surface area (Å²) in [6.07, 6.45) is 6.58. The molecule has 50 valence electrons. The maximum atomic E-state index is 8.60. The van der Waals surface area contributed by atoms with Gasteiger partial charge >= 0.3 is 0 Å². The van der Waals surface area contributed by atoms with Gasteiger partial charge in [-0.15, -0.1) is 18.2 Å². The zero-order chi connectivity index (χ0) is 7.11. The molecule has 9 heavy (non-hydrogen) atoms. The van der Waals surface area contributed by atoms with Crippen molar-refractivity contribution in [3.05, 3.63) is 11.0 Å². The fraction of sp³-hybridized carbons (Fsp3) is 0.429. The molecule has 1 N–H and O–H groups in total. The fourth-order valence-corrected chi connectivity index (χ4v) is 1.02. The number of hydrogen-bond donors (Lipinski definition) is 1. The summed E-state index contributed by atoms with van der Waals surface area (Å²) in [4.78, 5) is 0.861. The van der Waals surface area contributed by atoms with E-state index < -0.39 is 0 Å². The van der Waals surface area contributed by atoms with Crippen LogP contribution in [0.3, 0.4) is 0 Å². The molecule has 0 saturated carbocycles. The number of hydrogen-bond acceptors (Lipinski definition) is 2. The van der Waals surface area contributed by atoms with Crippen molar-refractivity contribution in [2.24, 2.45) is 0 Å². The molecule has 0 bridgehead atoms. The van der Waals surface area contributed by atoms with Gasteiger partial charge in [-0.3, -0.25) is 0 Å². The lowest BCUT2D eigenvalue weighted by Crippen LogP contribution is -1.84. The molecule has 0 unspecified atom stereocenters. The molecular weight excluding hydrogens is 132 g/mol. The van der Waals surface area contributed by atoms with E-state index in [1.807, 2.05) is 6.92 Å². The average molecular weight is 142 g/mol. The van der Waals surface area contributed by atoms with E-state index in [9.17, 15) is 0 Å². The summed E-state index contributed by atoms with van der Waals surface area (Å²) in [5.74, 6) is 3.31. The van der Waals surface area contributed by atoms with Gasteiger partial charge < -0.3 is 5.11 Å². The van der Waals surface area contributed by atoms with E-state index >= 15 is 0 Å². The molecule has 0 aliphatic heterocycles. The minimum absolute atomic E-state index is 0.0582. The molecule has 1 nitrogen and oxygen atoms in total. The van der Waals surface area contributed by atoms with Crippen LogP contribution in [0.4, 0.5) is 0 Å². The van der Waals surface area contributed by atoms with E-state index in [0.29, 0.717) is 0 Å². The highest BCUT2D eigenvalue weighted by atomic mass is 32.2. The van der Waals surface area contributed by atoms with Gasteiger partial charge in [0.05, 0.1) is 6.61 Å². The molecule has 0 fully saturated rings. The monoisotopic (exact) mass is 142 g/mol. The summed E-state index contributed by atoms with van der Waals surface area (Å²) in [6.45, 7) is 2.08. The number of aliphatic hydroxyl groups is 1. The summed E-state index contributed by atoms with van der Waals surface area (Å²) in [5, 5.41) is 8.60. The smallest absolute Gasteiger partial charge is 0.0746 e. The van der Waals surface area contributed by atoms with Crippen molar-refractivity contribution in [3.63, 3.8) is 0 Å². The second kappa shape index (κ2) is 5.74. The summed E-state index contributed by atoms with van der Waals surface area (Å²) >= 11 is 1.57. The Morgan fingerprint density at radius 3 is 2.89 bits per heavy atom. The first-order valence-electron chi connectivity index (χ1n) is 2.74. The first-order chi connectivity index (χ1) is 4.35. The quantitative estimate of drug-likeness (QED) is 0.598. The van der Waals surface area contributed by atoms with Crippen LogP contribution in [0.5, 0.6) is 0 Å². The van der Waals surface area contributed by atoms with Crippen LogP contribution in [0.1, 0.15) is 6.92 Å². The number of rotatable bonds is 3. The van der Waals surface area contributed by atoms with Crippen LogP contribution in [0, 0.1) is 12.3 Å². The Balaban J connectivity index is 3.70. The topological polar surface area (TPSA) is 20.2 Å². The minimum atomic E-state index is 0.0582. The Morgan fingerprint density at radius 2 is 2.56 bits per heavy atom. The lowest BCUT2D eigenvalue weighted by molar-refractivity contribution is 0.339. The maximum Gasteiger partial charge on any atom is 0.0746 e. The van der Waals surface area contributed by atoms with Gasteiger partial charge in [0.2, 0.25) is 0 Å². The van der Waals surface area contributed by atoms with Crippen molar-refractivity contribution in [2.75, 3.05) is 12.4 Å². The molecule has 0 aromatic rings. The van der Waals surface area contributed by atoms with Crippen LogP contribution in [-0.4, -0.2) is 17.5 Å². The summed E-state index contributed by atoms with van der Waals surface area (Å²) in [6, 6.07) is 0. The standard InChI is InChI=1S/C7H10OS/c1-3-5-7(6-8)9-4-2/h1,5,8H,4,6H2,2H3/b7-5-. The molecule has 0 saturated heterocycles. The molecule has 0 aliphatic rings. The predicted octanol–water partition coefficient (Wildman–Crippen LogP) is 1.25. The molecule has 0 aromatic heterocycles. The van der Waals surface area contributed by atoms with Crippen LogP contribution < -0.4 is 0 Å². The molecule has 0 radical (unpaired) electrons. The summed E-state index contributed by atoms with van der Waals surface area (Å²) in [5.41, 5.74) is 0. The lowest BCUT2D eigenvalue weighted by atomic mass is 10.5. The van der Waals surface area contributed by atoms with Crippen LogP contribution in [0.25, 0.3) is 0 Å². The zero-order valence-electron chi connectivity index (χ0n) is 5.42. The second-order valence-electron chi connectivity index (χ2n) is 1.37. The molecule has 0 aliphatic carbocycles. The Bertz CT molecular complexity index is 132. The third-order valence-electron chi connectivity index (χ3n) is 0.730. The molecule has 0 aromatic carbocycles. The SMILES string of the molecule is C#C/C=C(/CO)SCC. The molecule has 0 heterocycles. The van der Waals surface area contributed by atoms with Crippen molar-refractivity contribution in [1.82, 2.24) is 0 Å². The van der Waals surface area contributed by atoms with Crippen LogP contribution >= 0.6 is 11.8 Å². The van der Waals surface area contributed by atoms with Crippen molar-refractivity contribution >= 4 is 11.8 Å². The van der Waals surface area contributed by atoms with Crippen molar-refractivity contribution in [1.29, 1.82) is 0 Å². The summed E-state index contributed by atoms with van der Waals surface area (Å²) in [7, 11) is 0. The zero-order valence-corrected chi connectivity index (χ0v) is 6.24. The highest BCUT2D eigenvalue weighted by Crippen LogP contribution is 2.12. The van der Waals surface area contributed by atoms with Crippen LogP contribution in [0.15, 0.2) is 11.0 Å². The van der Waals surface area contributed by atoms with Crippen LogP contribution in [0.2, 0.25) is 0 Å². The normalized spacial score (nSPS) is 11.0. The molecule has 0 atom stereocenters. The highest BCUT2D eigenvalue weighted by molar-refractivity contribution is 8.03. The average Bonchev–Trinajstić information content (AvgIpc) is 1.88. The van der Waals surface area contributed by atoms with E-state index in [0.717, 1.165) is 10.7 Å². The van der Waals surface area contributed by atoms with Crippen molar-refractivity contribution in [2.45, 2.75) is 6.92 Å².